The van der Waals surface area contributed by atoms with Gasteiger partial charge in [0.05, 0.1) is 10.3 Å². The predicted octanol–water partition coefficient (Wildman–Crippen LogP) is 1.70. The Morgan fingerprint density at radius 2 is 1.62 bits per heavy atom. The molecule has 158 valence electrons. The summed E-state index contributed by atoms with van der Waals surface area (Å²) in [5.74, 6) is 0.0770. The van der Waals surface area contributed by atoms with E-state index in [1.807, 2.05) is 4.90 Å². The lowest BCUT2D eigenvalue weighted by Crippen LogP contribution is -2.51. The van der Waals surface area contributed by atoms with Crippen LogP contribution in [0.1, 0.15) is 39.0 Å². The van der Waals surface area contributed by atoms with Crippen molar-refractivity contribution in [3.63, 3.8) is 0 Å². The second-order valence-corrected chi connectivity index (χ2v) is 10.3. The van der Waals surface area contributed by atoms with Gasteiger partial charge in [0.25, 0.3) is 0 Å². The Morgan fingerprint density at radius 3 is 2.28 bits per heavy atom. The van der Waals surface area contributed by atoms with Gasteiger partial charge in [-0.25, -0.2) is 8.42 Å². The molecule has 2 amide bonds. The van der Waals surface area contributed by atoms with Gasteiger partial charge in [-0.1, -0.05) is 18.2 Å². The largest absolute Gasteiger partial charge is 0.342 e. The van der Waals surface area contributed by atoms with Crippen molar-refractivity contribution in [3.8, 4) is 0 Å². The molecule has 4 rings (SSSR count). The number of carbonyl (C=O) groups is 2. The number of hydrogen-bond donors (Lipinski definition) is 0. The van der Waals surface area contributed by atoms with E-state index in [9.17, 15) is 18.0 Å². The topological polar surface area (TPSA) is 78.0 Å². The van der Waals surface area contributed by atoms with Gasteiger partial charge in [0.2, 0.25) is 21.8 Å². The molecule has 0 aliphatic carbocycles. The SMILES string of the molecule is CC(=O)N1CC[C@@]2(C(=O)N3CCCC3)CCN(S(=O)(=O)c3ccccc3)CC[C@@H]12. The van der Waals surface area contributed by atoms with Crippen molar-refractivity contribution >= 4 is 21.8 Å². The summed E-state index contributed by atoms with van der Waals surface area (Å²) in [6, 6.07) is 8.21. The molecule has 0 unspecified atom stereocenters. The first-order valence-electron chi connectivity index (χ1n) is 10.5. The summed E-state index contributed by atoms with van der Waals surface area (Å²) < 4.78 is 27.8. The molecule has 0 spiro atoms. The fourth-order valence-corrected chi connectivity index (χ4v) is 6.79. The molecular formula is C21H29N3O4S. The Kier molecular flexibility index (Phi) is 5.42. The molecule has 0 aromatic heterocycles. The Labute approximate surface area is 172 Å². The van der Waals surface area contributed by atoms with E-state index in [1.54, 1.807) is 42.2 Å². The number of nitrogens with zero attached hydrogens (tertiary/aromatic N) is 3. The highest BCUT2D eigenvalue weighted by atomic mass is 32.2. The number of hydrogen-bond acceptors (Lipinski definition) is 4. The lowest BCUT2D eigenvalue weighted by molar-refractivity contribution is -0.144. The minimum atomic E-state index is -3.62. The highest BCUT2D eigenvalue weighted by molar-refractivity contribution is 7.89. The predicted molar refractivity (Wildman–Crippen MR) is 108 cm³/mol. The van der Waals surface area contributed by atoms with Crippen molar-refractivity contribution in [2.75, 3.05) is 32.7 Å². The van der Waals surface area contributed by atoms with Gasteiger partial charge in [-0.05, 0) is 44.2 Å². The van der Waals surface area contributed by atoms with Gasteiger partial charge in [-0.15, -0.1) is 0 Å². The molecule has 3 fully saturated rings. The van der Waals surface area contributed by atoms with Crippen LogP contribution in [0.3, 0.4) is 0 Å². The summed E-state index contributed by atoms with van der Waals surface area (Å²) in [6.45, 7) is 4.27. The first kappa shape index (κ1) is 20.3. The standard InChI is InChI=1S/C21H29N3O4S/c1-17(25)24-16-11-21(20(26)22-12-5-6-13-22)10-15-23(14-9-19(21)24)29(27,28)18-7-3-2-4-8-18/h2-4,7-8,19H,5-6,9-16H2,1H3/t19-,21+/m1/s1. The van der Waals surface area contributed by atoms with Crippen LogP contribution < -0.4 is 0 Å². The monoisotopic (exact) mass is 419 g/mol. The summed E-state index contributed by atoms with van der Waals surface area (Å²) in [5.41, 5.74) is -0.670. The average molecular weight is 420 g/mol. The number of amides is 2. The Balaban J connectivity index is 1.65. The lowest BCUT2D eigenvalue weighted by atomic mass is 9.75. The van der Waals surface area contributed by atoms with E-state index in [2.05, 4.69) is 0 Å². The molecule has 1 aromatic rings. The van der Waals surface area contributed by atoms with E-state index in [-0.39, 0.29) is 22.8 Å². The second kappa shape index (κ2) is 7.72. The van der Waals surface area contributed by atoms with Crippen LogP contribution >= 0.6 is 0 Å². The molecule has 3 heterocycles. The highest BCUT2D eigenvalue weighted by Crippen LogP contribution is 2.46. The van der Waals surface area contributed by atoms with E-state index in [4.69, 9.17) is 0 Å². The summed E-state index contributed by atoms with van der Waals surface area (Å²) >= 11 is 0. The number of carbonyl (C=O) groups excluding carboxylic acids is 2. The van der Waals surface area contributed by atoms with Crippen LogP contribution in [-0.2, 0) is 19.6 Å². The van der Waals surface area contributed by atoms with Crippen LogP contribution in [0.15, 0.2) is 35.2 Å². The number of fused-ring (bicyclic) bond motifs is 1. The van der Waals surface area contributed by atoms with Crippen molar-refractivity contribution in [1.82, 2.24) is 14.1 Å². The Morgan fingerprint density at radius 1 is 0.966 bits per heavy atom. The maximum atomic E-state index is 13.6. The summed E-state index contributed by atoms with van der Waals surface area (Å²) in [6.07, 6.45) is 3.59. The maximum absolute atomic E-state index is 13.6. The molecule has 0 bridgehead atoms. The van der Waals surface area contributed by atoms with Gasteiger partial charge in [0, 0.05) is 45.7 Å². The third kappa shape index (κ3) is 3.46. The van der Waals surface area contributed by atoms with Crippen LogP contribution in [0.2, 0.25) is 0 Å². The number of rotatable bonds is 3. The maximum Gasteiger partial charge on any atom is 0.243 e. The molecule has 3 aliphatic heterocycles. The van der Waals surface area contributed by atoms with Crippen LogP contribution in [0, 0.1) is 5.41 Å². The third-order valence-corrected chi connectivity index (χ3v) is 8.79. The molecule has 0 N–H and O–H groups in total. The Bertz CT molecular complexity index is 882. The Hall–Kier alpha value is -1.93. The molecule has 7 nitrogen and oxygen atoms in total. The van der Waals surface area contributed by atoms with Crippen LogP contribution in [-0.4, -0.2) is 73.1 Å². The molecule has 8 heteroatoms. The minimum absolute atomic E-state index is 0.0366. The van der Waals surface area contributed by atoms with Crippen molar-refractivity contribution in [3.05, 3.63) is 30.3 Å². The van der Waals surface area contributed by atoms with Crippen LogP contribution in [0.4, 0.5) is 0 Å². The van der Waals surface area contributed by atoms with E-state index in [0.29, 0.717) is 38.9 Å². The zero-order chi connectivity index (χ0) is 20.6. The highest BCUT2D eigenvalue weighted by Gasteiger charge is 2.56. The quantitative estimate of drug-likeness (QED) is 0.747. The van der Waals surface area contributed by atoms with Gasteiger partial charge in [-0.2, -0.15) is 4.31 Å². The first-order chi connectivity index (χ1) is 13.9. The van der Waals surface area contributed by atoms with Crippen LogP contribution in [0.5, 0.6) is 0 Å². The van der Waals surface area contributed by atoms with Crippen LogP contribution in [0.25, 0.3) is 0 Å². The molecule has 3 aliphatic rings. The fraction of sp³-hybridized carbons (Fsp3) is 0.619. The van der Waals surface area contributed by atoms with Crippen molar-refractivity contribution in [2.24, 2.45) is 5.41 Å². The first-order valence-corrected chi connectivity index (χ1v) is 11.9. The van der Waals surface area contributed by atoms with E-state index in [0.717, 1.165) is 25.9 Å². The third-order valence-electron chi connectivity index (χ3n) is 6.88. The summed E-state index contributed by atoms with van der Waals surface area (Å²) in [5, 5.41) is 0. The van der Waals surface area contributed by atoms with Crippen molar-refractivity contribution in [2.45, 2.75) is 50.0 Å². The van der Waals surface area contributed by atoms with Gasteiger partial charge in [-0.3, -0.25) is 9.59 Å². The molecule has 3 saturated heterocycles. The van der Waals surface area contributed by atoms with E-state index < -0.39 is 15.4 Å². The lowest BCUT2D eigenvalue weighted by Gasteiger charge is -2.37. The minimum Gasteiger partial charge on any atom is -0.342 e. The molecule has 0 saturated carbocycles. The zero-order valence-corrected chi connectivity index (χ0v) is 17.7. The molecule has 0 radical (unpaired) electrons. The second-order valence-electron chi connectivity index (χ2n) is 8.39. The molecular weight excluding hydrogens is 390 g/mol. The van der Waals surface area contributed by atoms with E-state index >= 15 is 0 Å². The normalized spacial score (nSPS) is 28.2. The molecule has 29 heavy (non-hydrogen) atoms. The number of likely N-dealkylation sites (tertiary alicyclic amines) is 2. The fourth-order valence-electron chi connectivity index (χ4n) is 5.32. The molecule has 2 atom stereocenters. The van der Waals surface area contributed by atoms with Gasteiger partial charge in [0.15, 0.2) is 0 Å². The van der Waals surface area contributed by atoms with Gasteiger partial charge < -0.3 is 9.80 Å². The van der Waals surface area contributed by atoms with Gasteiger partial charge >= 0.3 is 0 Å². The number of sulfonamides is 1. The smallest absolute Gasteiger partial charge is 0.243 e. The van der Waals surface area contributed by atoms with E-state index in [1.165, 1.54) is 4.31 Å². The summed E-state index contributed by atoms with van der Waals surface area (Å²) in [4.78, 5) is 29.8. The van der Waals surface area contributed by atoms with Gasteiger partial charge in [0.1, 0.15) is 0 Å². The van der Waals surface area contributed by atoms with Crippen molar-refractivity contribution < 1.29 is 18.0 Å². The average Bonchev–Trinajstić information content (AvgIpc) is 3.33. The summed E-state index contributed by atoms with van der Waals surface area (Å²) in [7, 11) is -3.62. The number of benzene rings is 1. The molecule has 1 aromatic carbocycles. The zero-order valence-electron chi connectivity index (χ0n) is 16.9. The van der Waals surface area contributed by atoms with Crippen molar-refractivity contribution in [1.29, 1.82) is 0 Å².